The zero-order chi connectivity index (χ0) is 22.0. The van der Waals surface area contributed by atoms with E-state index in [2.05, 4.69) is 5.10 Å². The van der Waals surface area contributed by atoms with Crippen molar-refractivity contribution in [3.63, 3.8) is 0 Å². The molecule has 164 valence electrons. The first-order valence-electron chi connectivity index (χ1n) is 10.3. The number of halogens is 3. The Balaban J connectivity index is 1.49. The van der Waals surface area contributed by atoms with E-state index < -0.39 is 17.7 Å². The number of aliphatic carboxylic acids is 1. The van der Waals surface area contributed by atoms with Crippen LogP contribution in [0.5, 0.6) is 5.75 Å². The minimum atomic E-state index is -4.39. The van der Waals surface area contributed by atoms with Crippen molar-refractivity contribution in [3.8, 4) is 5.75 Å². The van der Waals surface area contributed by atoms with Crippen molar-refractivity contribution < 1.29 is 27.8 Å². The molecular formula is C23H23F3N2O3. The molecule has 31 heavy (non-hydrogen) atoms. The average Bonchev–Trinajstić information content (AvgIpc) is 3.39. The number of aryl methyl sites for hydroxylation is 1. The van der Waals surface area contributed by atoms with Gasteiger partial charge in [0.25, 0.3) is 0 Å². The van der Waals surface area contributed by atoms with Crippen LogP contribution in [0.1, 0.15) is 54.7 Å². The van der Waals surface area contributed by atoms with Gasteiger partial charge in [-0.25, -0.2) is 0 Å². The van der Waals surface area contributed by atoms with Crippen LogP contribution in [0.15, 0.2) is 42.6 Å². The van der Waals surface area contributed by atoms with Gasteiger partial charge in [0, 0.05) is 11.6 Å². The smallest absolute Gasteiger partial charge is 0.416 e. The molecule has 0 unspecified atom stereocenters. The number of aromatic nitrogens is 2. The lowest BCUT2D eigenvalue weighted by atomic mass is 9.91. The first-order chi connectivity index (χ1) is 14.8. The number of hydrogen-bond donors (Lipinski definition) is 1. The van der Waals surface area contributed by atoms with Gasteiger partial charge in [-0.1, -0.05) is 25.0 Å². The van der Waals surface area contributed by atoms with Crippen LogP contribution in [0.4, 0.5) is 13.2 Å². The number of carbonyl (C=O) groups is 1. The summed E-state index contributed by atoms with van der Waals surface area (Å²) in [5.41, 5.74) is 0.990. The third kappa shape index (κ3) is 5.00. The maximum atomic E-state index is 13.6. The quantitative estimate of drug-likeness (QED) is 0.515. The predicted octanol–water partition coefficient (Wildman–Crippen LogP) is 5.77. The van der Waals surface area contributed by atoms with E-state index in [0.29, 0.717) is 22.4 Å². The van der Waals surface area contributed by atoms with Crippen molar-refractivity contribution >= 4 is 16.9 Å². The van der Waals surface area contributed by atoms with Gasteiger partial charge in [-0.15, -0.1) is 0 Å². The highest BCUT2D eigenvalue weighted by Crippen LogP contribution is 2.42. The molecule has 0 amide bonds. The summed E-state index contributed by atoms with van der Waals surface area (Å²) in [6, 6.07) is 9.71. The third-order valence-electron chi connectivity index (χ3n) is 5.70. The summed E-state index contributed by atoms with van der Waals surface area (Å²) >= 11 is 0. The molecule has 0 atom stereocenters. The number of rotatable bonds is 7. The predicted molar refractivity (Wildman–Crippen MR) is 109 cm³/mol. The topological polar surface area (TPSA) is 64.3 Å². The molecule has 1 N–H and O–H groups in total. The van der Waals surface area contributed by atoms with E-state index in [-0.39, 0.29) is 25.5 Å². The van der Waals surface area contributed by atoms with Gasteiger partial charge in [-0.2, -0.15) is 18.3 Å². The summed E-state index contributed by atoms with van der Waals surface area (Å²) in [6.07, 6.45) is 0.860. The molecule has 3 aromatic rings. The third-order valence-corrected chi connectivity index (χ3v) is 5.70. The zero-order valence-corrected chi connectivity index (χ0v) is 16.9. The van der Waals surface area contributed by atoms with E-state index in [1.54, 1.807) is 41.2 Å². The lowest BCUT2D eigenvalue weighted by Gasteiger charge is -2.19. The summed E-state index contributed by atoms with van der Waals surface area (Å²) in [6.45, 7) is 0.278. The molecule has 1 aromatic heterocycles. The molecule has 1 saturated carbocycles. The van der Waals surface area contributed by atoms with Gasteiger partial charge < -0.3 is 9.84 Å². The monoisotopic (exact) mass is 432 g/mol. The van der Waals surface area contributed by atoms with Gasteiger partial charge in [0.2, 0.25) is 0 Å². The summed E-state index contributed by atoms with van der Waals surface area (Å²) in [5, 5.41) is 13.9. The Bertz CT molecular complexity index is 1090. The van der Waals surface area contributed by atoms with E-state index in [1.165, 1.54) is 6.07 Å². The highest BCUT2D eigenvalue weighted by atomic mass is 19.4. The molecule has 2 aromatic carbocycles. The van der Waals surface area contributed by atoms with Gasteiger partial charge >= 0.3 is 12.1 Å². The molecule has 5 nitrogen and oxygen atoms in total. The molecule has 4 rings (SSSR count). The number of alkyl halides is 3. The number of carboxylic acid groups (broad SMARTS) is 1. The lowest BCUT2D eigenvalue weighted by Crippen LogP contribution is -2.12. The Hall–Kier alpha value is -3.03. The van der Waals surface area contributed by atoms with Gasteiger partial charge in [0.15, 0.2) is 0 Å². The van der Waals surface area contributed by atoms with E-state index in [9.17, 15) is 18.0 Å². The second kappa shape index (κ2) is 8.61. The highest BCUT2D eigenvalue weighted by Gasteiger charge is 2.36. The Morgan fingerprint density at radius 3 is 2.65 bits per heavy atom. The Labute approximate surface area is 177 Å². The van der Waals surface area contributed by atoms with Gasteiger partial charge in [-0.05, 0) is 54.2 Å². The fourth-order valence-electron chi connectivity index (χ4n) is 4.17. The van der Waals surface area contributed by atoms with Crippen LogP contribution >= 0.6 is 0 Å². The van der Waals surface area contributed by atoms with Crippen molar-refractivity contribution in [1.29, 1.82) is 0 Å². The highest BCUT2D eigenvalue weighted by molar-refractivity contribution is 5.79. The largest absolute Gasteiger partial charge is 0.489 e. The summed E-state index contributed by atoms with van der Waals surface area (Å²) in [7, 11) is 0. The normalized spacial score (nSPS) is 14.9. The minimum Gasteiger partial charge on any atom is -0.489 e. The molecule has 1 aliphatic carbocycles. The summed E-state index contributed by atoms with van der Waals surface area (Å²) < 4.78 is 48.2. The van der Waals surface area contributed by atoms with Crippen LogP contribution in [0.25, 0.3) is 10.9 Å². The van der Waals surface area contributed by atoms with E-state index in [0.717, 1.165) is 31.1 Å². The van der Waals surface area contributed by atoms with Crippen molar-refractivity contribution in [2.75, 3.05) is 0 Å². The van der Waals surface area contributed by atoms with E-state index in [4.69, 9.17) is 9.84 Å². The van der Waals surface area contributed by atoms with E-state index in [1.807, 2.05) is 0 Å². The van der Waals surface area contributed by atoms with Crippen molar-refractivity contribution in [2.24, 2.45) is 0 Å². The van der Waals surface area contributed by atoms with Crippen molar-refractivity contribution in [1.82, 2.24) is 9.78 Å². The standard InChI is InChI=1S/C23H23F3N2O3/c24-23(25,26)20-11-15(5-7-19(20)16-3-1-2-4-16)14-31-18-6-8-21-17(12-18)13-28(27-21)10-9-22(29)30/h5-8,11-13,16H,1-4,9-10,14H2,(H,29,30). The fraction of sp³-hybridized carbons (Fsp3) is 0.391. The average molecular weight is 432 g/mol. The number of ether oxygens (including phenoxy) is 1. The minimum absolute atomic E-state index is 0.0205. The number of carboxylic acids is 1. The maximum Gasteiger partial charge on any atom is 0.416 e. The molecule has 1 aliphatic rings. The van der Waals surface area contributed by atoms with Crippen molar-refractivity contribution in [3.05, 3.63) is 59.3 Å². The number of benzene rings is 2. The molecule has 1 fully saturated rings. The second-order valence-electron chi connectivity index (χ2n) is 7.95. The summed E-state index contributed by atoms with van der Waals surface area (Å²) in [4.78, 5) is 10.7. The second-order valence-corrected chi connectivity index (χ2v) is 7.95. The van der Waals surface area contributed by atoms with Crippen LogP contribution in [0.2, 0.25) is 0 Å². The lowest BCUT2D eigenvalue weighted by molar-refractivity contribution is -0.139. The maximum absolute atomic E-state index is 13.6. The van der Waals surface area contributed by atoms with Gasteiger partial charge in [-0.3, -0.25) is 9.48 Å². The van der Waals surface area contributed by atoms with Crippen LogP contribution in [-0.2, 0) is 24.1 Å². The molecule has 0 saturated heterocycles. The Kier molecular flexibility index (Phi) is 5.89. The molecule has 1 heterocycles. The fourth-order valence-corrected chi connectivity index (χ4v) is 4.17. The SMILES string of the molecule is O=C(O)CCn1cc2cc(OCc3ccc(C4CCCC4)c(C(F)(F)F)c3)ccc2n1. The van der Waals surface area contributed by atoms with Crippen LogP contribution in [-0.4, -0.2) is 20.9 Å². The molecule has 0 bridgehead atoms. The zero-order valence-electron chi connectivity index (χ0n) is 16.9. The molecular weight excluding hydrogens is 409 g/mol. The number of hydrogen-bond acceptors (Lipinski definition) is 3. The van der Waals surface area contributed by atoms with Crippen LogP contribution in [0, 0.1) is 0 Å². The van der Waals surface area contributed by atoms with Gasteiger partial charge in [0.1, 0.15) is 12.4 Å². The first-order valence-corrected chi connectivity index (χ1v) is 10.3. The molecule has 0 spiro atoms. The van der Waals surface area contributed by atoms with Crippen LogP contribution in [0.3, 0.4) is 0 Å². The Morgan fingerprint density at radius 2 is 1.94 bits per heavy atom. The summed E-state index contributed by atoms with van der Waals surface area (Å²) in [5.74, 6) is -0.411. The number of nitrogens with zero attached hydrogens (tertiary/aromatic N) is 2. The molecule has 0 radical (unpaired) electrons. The Morgan fingerprint density at radius 1 is 1.16 bits per heavy atom. The first kappa shape index (κ1) is 21.2. The molecule has 8 heteroatoms. The van der Waals surface area contributed by atoms with Crippen LogP contribution < -0.4 is 4.74 Å². The van der Waals surface area contributed by atoms with Crippen molar-refractivity contribution in [2.45, 2.75) is 57.3 Å². The number of fused-ring (bicyclic) bond motifs is 1. The molecule has 0 aliphatic heterocycles. The van der Waals surface area contributed by atoms with Gasteiger partial charge in [0.05, 0.1) is 24.0 Å². The van der Waals surface area contributed by atoms with E-state index >= 15 is 0 Å².